The second-order valence-electron chi connectivity index (χ2n) is 8.23. The number of para-hydroxylation sites is 1. The van der Waals surface area contributed by atoms with Gasteiger partial charge < -0.3 is 18.9 Å². The van der Waals surface area contributed by atoms with Gasteiger partial charge in [-0.2, -0.15) is 0 Å². The predicted molar refractivity (Wildman–Crippen MR) is 138 cm³/mol. The zero-order chi connectivity index (χ0) is 23.2. The van der Waals surface area contributed by atoms with E-state index in [0.717, 1.165) is 44.1 Å². The van der Waals surface area contributed by atoms with Crippen molar-refractivity contribution in [1.29, 1.82) is 0 Å². The molecule has 0 fully saturated rings. The zero-order valence-electron chi connectivity index (χ0n) is 20.2. The molecule has 0 atom stereocenters. The molecule has 0 bridgehead atoms. The molecule has 0 saturated carbocycles. The van der Waals surface area contributed by atoms with Gasteiger partial charge in [0.1, 0.15) is 11.5 Å². The van der Waals surface area contributed by atoms with Gasteiger partial charge in [-0.3, -0.25) is 0 Å². The number of nitrogens with zero attached hydrogens (tertiary/aromatic N) is 2. The van der Waals surface area contributed by atoms with E-state index in [1.165, 1.54) is 33.3 Å². The van der Waals surface area contributed by atoms with E-state index >= 15 is 0 Å². The summed E-state index contributed by atoms with van der Waals surface area (Å²) in [7, 11) is 3.42. The zero-order valence-corrected chi connectivity index (χ0v) is 20.2. The Bertz CT molecular complexity index is 1170. The summed E-state index contributed by atoms with van der Waals surface area (Å²) in [5, 5.41) is 1.27. The molecule has 4 rings (SSSR count). The Morgan fingerprint density at radius 2 is 1.30 bits per heavy atom. The molecule has 1 aromatic heterocycles. The highest BCUT2D eigenvalue weighted by molar-refractivity contribution is 6.04. The molecule has 4 heteroatoms. The Hall–Kier alpha value is -3.24. The average molecular weight is 443 g/mol. The maximum Gasteiger partial charge on any atom is 0.118 e. The topological polar surface area (TPSA) is 26.6 Å². The quantitative estimate of drug-likeness (QED) is 0.273. The predicted octanol–water partition coefficient (Wildman–Crippen LogP) is 6.72. The van der Waals surface area contributed by atoms with E-state index in [1.807, 2.05) is 24.3 Å². The molecule has 4 aromatic rings. The second-order valence-corrected chi connectivity index (χ2v) is 8.23. The number of ether oxygens (including phenoxy) is 2. The normalized spacial score (nSPS) is 11.3. The third-order valence-corrected chi connectivity index (χ3v) is 6.46. The summed E-state index contributed by atoms with van der Waals surface area (Å²) in [4.78, 5) is 2.49. The van der Waals surface area contributed by atoms with E-state index in [1.54, 1.807) is 14.2 Å². The second kappa shape index (κ2) is 10.6. The maximum atomic E-state index is 5.42. The molecule has 0 unspecified atom stereocenters. The molecule has 172 valence electrons. The lowest BCUT2D eigenvalue weighted by Crippen LogP contribution is -2.24. The average Bonchev–Trinajstić information content (AvgIpc) is 3.21. The highest BCUT2D eigenvalue weighted by Gasteiger charge is 2.20. The summed E-state index contributed by atoms with van der Waals surface area (Å²) in [5.74, 6) is 1.74. The molecule has 0 N–H and O–H groups in total. The van der Waals surface area contributed by atoms with E-state index in [4.69, 9.17) is 9.47 Å². The van der Waals surface area contributed by atoms with Crippen LogP contribution >= 0.6 is 0 Å². The first-order valence-electron chi connectivity index (χ1n) is 11.8. The van der Waals surface area contributed by atoms with Gasteiger partial charge in [0, 0.05) is 23.0 Å². The third kappa shape index (κ3) is 4.76. The SMILES string of the molecule is CCN(CC)CCCn1c(-c2ccc(OC)cc2)c(-c2ccc(OC)cc2)c2ccccc21. The summed E-state index contributed by atoms with van der Waals surface area (Å²) >= 11 is 0. The maximum absolute atomic E-state index is 5.42. The monoisotopic (exact) mass is 442 g/mol. The van der Waals surface area contributed by atoms with Crippen LogP contribution in [0.15, 0.2) is 72.8 Å². The van der Waals surface area contributed by atoms with Crippen molar-refractivity contribution < 1.29 is 9.47 Å². The van der Waals surface area contributed by atoms with Crippen molar-refractivity contribution in [3.8, 4) is 33.9 Å². The molecule has 0 aliphatic rings. The summed E-state index contributed by atoms with van der Waals surface area (Å²) in [5.41, 5.74) is 6.18. The molecule has 33 heavy (non-hydrogen) atoms. The van der Waals surface area contributed by atoms with Gasteiger partial charge in [-0.25, -0.2) is 0 Å². The summed E-state index contributed by atoms with van der Waals surface area (Å²) in [6.45, 7) is 8.71. The Balaban J connectivity index is 1.88. The fourth-order valence-corrected chi connectivity index (χ4v) is 4.63. The first-order valence-corrected chi connectivity index (χ1v) is 11.8. The Kier molecular flexibility index (Phi) is 7.36. The third-order valence-electron chi connectivity index (χ3n) is 6.46. The molecule has 0 radical (unpaired) electrons. The van der Waals surface area contributed by atoms with Crippen LogP contribution in [0.2, 0.25) is 0 Å². The highest BCUT2D eigenvalue weighted by atomic mass is 16.5. The standard InChI is InChI=1S/C29H34N2O2/c1-5-30(6-2)20-9-21-31-27-11-8-7-10-26(27)28(22-12-16-24(32-3)17-13-22)29(31)23-14-18-25(33-4)19-15-23/h7-8,10-19H,5-6,9,20-21H2,1-4H3. The van der Waals surface area contributed by atoms with Crippen LogP contribution in [0.4, 0.5) is 0 Å². The lowest BCUT2D eigenvalue weighted by Gasteiger charge is -2.19. The van der Waals surface area contributed by atoms with Crippen LogP contribution in [0.25, 0.3) is 33.3 Å². The molecule has 0 aliphatic carbocycles. The van der Waals surface area contributed by atoms with Crippen molar-refractivity contribution in [2.45, 2.75) is 26.8 Å². The minimum absolute atomic E-state index is 0.868. The number of aromatic nitrogens is 1. The molecule has 3 aromatic carbocycles. The molecular weight excluding hydrogens is 408 g/mol. The van der Waals surface area contributed by atoms with Gasteiger partial charge in [-0.05, 0) is 79.6 Å². The van der Waals surface area contributed by atoms with Gasteiger partial charge in [-0.1, -0.05) is 44.2 Å². The molecule has 0 aliphatic heterocycles. The van der Waals surface area contributed by atoms with Crippen LogP contribution < -0.4 is 9.47 Å². The van der Waals surface area contributed by atoms with E-state index in [9.17, 15) is 0 Å². The van der Waals surface area contributed by atoms with E-state index in [-0.39, 0.29) is 0 Å². The smallest absolute Gasteiger partial charge is 0.118 e. The number of rotatable bonds is 10. The number of benzene rings is 3. The molecule has 0 saturated heterocycles. The van der Waals surface area contributed by atoms with E-state index in [0.29, 0.717) is 0 Å². The minimum atomic E-state index is 0.868. The van der Waals surface area contributed by atoms with E-state index in [2.05, 4.69) is 71.8 Å². The van der Waals surface area contributed by atoms with Crippen LogP contribution in [0.5, 0.6) is 11.5 Å². The molecule has 0 amide bonds. The van der Waals surface area contributed by atoms with Gasteiger partial charge in [-0.15, -0.1) is 0 Å². The molecule has 4 nitrogen and oxygen atoms in total. The van der Waals surface area contributed by atoms with Crippen molar-refractivity contribution in [3.05, 3.63) is 72.8 Å². The van der Waals surface area contributed by atoms with Crippen molar-refractivity contribution in [2.75, 3.05) is 33.9 Å². The van der Waals surface area contributed by atoms with Crippen LogP contribution in [0, 0.1) is 0 Å². The Morgan fingerprint density at radius 1 is 0.727 bits per heavy atom. The Labute approximate surface area is 197 Å². The number of hydrogen-bond donors (Lipinski definition) is 0. The van der Waals surface area contributed by atoms with E-state index < -0.39 is 0 Å². The van der Waals surface area contributed by atoms with Crippen LogP contribution in [0.3, 0.4) is 0 Å². The minimum Gasteiger partial charge on any atom is -0.497 e. The molecule has 0 spiro atoms. The van der Waals surface area contributed by atoms with Gasteiger partial charge >= 0.3 is 0 Å². The summed E-state index contributed by atoms with van der Waals surface area (Å²) < 4.78 is 13.3. The number of hydrogen-bond acceptors (Lipinski definition) is 3. The summed E-state index contributed by atoms with van der Waals surface area (Å²) in [6, 6.07) is 25.6. The van der Waals surface area contributed by atoms with Crippen molar-refractivity contribution >= 4 is 10.9 Å². The van der Waals surface area contributed by atoms with Crippen LogP contribution in [-0.2, 0) is 6.54 Å². The number of aryl methyl sites for hydroxylation is 1. The van der Waals surface area contributed by atoms with Gasteiger partial charge in [0.05, 0.1) is 19.9 Å². The first-order chi connectivity index (χ1) is 16.2. The van der Waals surface area contributed by atoms with Crippen LogP contribution in [-0.4, -0.2) is 43.3 Å². The van der Waals surface area contributed by atoms with Gasteiger partial charge in [0.15, 0.2) is 0 Å². The van der Waals surface area contributed by atoms with Gasteiger partial charge in [0.2, 0.25) is 0 Å². The Morgan fingerprint density at radius 3 is 1.88 bits per heavy atom. The fourth-order valence-electron chi connectivity index (χ4n) is 4.63. The van der Waals surface area contributed by atoms with Crippen molar-refractivity contribution in [2.24, 2.45) is 0 Å². The first kappa shape index (κ1) is 22.9. The lowest BCUT2D eigenvalue weighted by atomic mass is 9.98. The fraction of sp³-hybridized carbons (Fsp3) is 0.310. The number of methoxy groups -OCH3 is 2. The number of fused-ring (bicyclic) bond motifs is 1. The van der Waals surface area contributed by atoms with Crippen molar-refractivity contribution in [3.63, 3.8) is 0 Å². The van der Waals surface area contributed by atoms with Gasteiger partial charge in [0.25, 0.3) is 0 Å². The largest absolute Gasteiger partial charge is 0.497 e. The van der Waals surface area contributed by atoms with Crippen LogP contribution in [0.1, 0.15) is 20.3 Å². The lowest BCUT2D eigenvalue weighted by molar-refractivity contribution is 0.294. The van der Waals surface area contributed by atoms with Crippen molar-refractivity contribution in [1.82, 2.24) is 9.47 Å². The highest BCUT2D eigenvalue weighted by Crippen LogP contribution is 2.41. The molecular formula is C29H34N2O2. The molecule has 1 heterocycles. The summed E-state index contributed by atoms with van der Waals surface area (Å²) in [6.07, 6.45) is 1.10.